The molecule has 12 nitrogen and oxygen atoms in total. The van der Waals surface area contributed by atoms with Crippen LogP contribution in [0.5, 0.6) is 5.75 Å². The zero-order valence-corrected chi connectivity index (χ0v) is 25.3. The van der Waals surface area contributed by atoms with Crippen molar-refractivity contribution in [2.24, 2.45) is 0 Å². The number of hydrogen-bond donors (Lipinski definition) is 2. The Kier molecular flexibility index (Phi) is 8.36. The normalized spacial score (nSPS) is 16.7. The van der Waals surface area contributed by atoms with Gasteiger partial charge in [-0.1, -0.05) is 12.1 Å². The van der Waals surface area contributed by atoms with Gasteiger partial charge in [0.05, 0.1) is 36.7 Å². The van der Waals surface area contributed by atoms with Crippen molar-refractivity contribution in [2.45, 2.75) is 18.9 Å². The summed E-state index contributed by atoms with van der Waals surface area (Å²) in [6.07, 6.45) is 3.81. The molecule has 2 aliphatic heterocycles. The van der Waals surface area contributed by atoms with Gasteiger partial charge in [-0.15, -0.1) is 0 Å². The predicted molar refractivity (Wildman–Crippen MR) is 169 cm³/mol. The highest BCUT2D eigenvalue weighted by Crippen LogP contribution is 2.33. The predicted octanol–water partition coefficient (Wildman–Crippen LogP) is 3.39. The van der Waals surface area contributed by atoms with Crippen molar-refractivity contribution >= 4 is 40.4 Å². The molecular formula is C32H38N8O4. The van der Waals surface area contributed by atoms with E-state index in [0.29, 0.717) is 51.1 Å². The second-order valence-electron chi connectivity index (χ2n) is 11.3. The molecule has 0 bridgehead atoms. The van der Waals surface area contributed by atoms with Crippen molar-refractivity contribution in [1.82, 2.24) is 29.2 Å². The average molecular weight is 599 g/mol. The summed E-state index contributed by atoms with van der Waals surface area (Å²) in [6.45, 7) is 5.86. The number of rotatable bonds is 7. The van der Waals surface area contributed by atoms with E-state index >= 15 is 0 Å². The number of nitrogen functional groups attached to an aromatic ring is 1. The second kappa shape index (κ2) is 12.5. The number of aromatic nitrogens is 3. The number of nitrogens with two attached hydrogens (primary N) is 1. The number of likely N-dealkylation sites (tertiary alicyclic amines) is 1. The van der Waals surface area contributed by atoms with E-state index < -0.39 is 5.97 Å². The number of nitrogens with zero attached hydrogens (tertiary/aromatic N) is 6. The van der Waals surface area contributed by atoms with Crippen LogP contribution in [0.15, 0.2) is 54.7 Å². The minimum Gasteiger partial charge on any atom is -0.495 e. The SMILES string of the molecule is COC(=O)c1ccccc1Nc1nc(N)nc2ccn(-c3ccc(C(=O)N4CCC(N5CCN(C)CC5)CC4)cc3OC)c12. The second-order valence-corrected chi connectivity index (χ2v) is 11.3. The first-order valence-corrected chi connectivity index (χ1v) is 14.9. The van der Waals surface area contributed by atoms with Gasteiger partial charge in [0.25, 0.3) is 5.91 Å². The van der Waals surface area contributed by atoms with Crippen molar-refractivity contribution in [2.75, 3.05) is 71.6 Å². The molecule has 0 aliphatic carbocycles. The number of fused-ring (bicyclic) bond motifs is 1. The maximum absolute atomic E-state index is 13.6. The summed E-state index contributed by atoms with van der Waals surface area (Å²) in [5.41, 5.74) is 9.42. The van der Waals surface area contributed by atoms with Gasteiger partial charge < -0.3 is 34.9 Å². The molecule has 4 aromatic rings. The lowest BCUT2D eigenvalue weighted by Crippen LogP contribution is -2.52. The number of ether oxygens (including phenoxy) is 2. The fourth-order valence-corrected chi connectivity index (χ4v) is 6.17. The number of anilines is 3. The number of amides is 1. The van der Waals surface area contributed by atoms with E-state index in [9.17, 15) is 9.59 Å². The molecule has 0 spiro atoms. The molecule has 1 amide bonds. The smallest absolute Gasteiger partial charge is 0.339 e. The van der Waals surface area contributed by atoms with Gasteiger partial charge in [-0.25, -0.2) is 9.78 Å². The highest BCUT2D eigenvalue weighted by Gasteiger charge is 2.29. The fraction of sp³-hybridized carbons (Fsp3) is 0.375. The lowest BCUT2D eigenvalue weighted by molar-refractivity contribution is 0.0518. The Bertz CT molecular complexity index is 1670. The Hall–Kier alpha value is -4.68. The van der Waals surface area contributed by atoms with Gasteiger partial charge in [-0.2, -0.15) is 4.98 Å². The summed E-state index contributed by atoms with van der Waals surface area (Å²) in [7, 11) is 5.09. The quantitative estimate of drug-likeness (QED) is 0.305. The summed E-state index contributed by atoms with van der Waals surface area (Å²) in [6, 6.07) is 14.8. The van der Waals surface area contributed by atoms with Crippen molar-refractivity contribution in [3.63, 3.8) is 0 Å². The highest BCUT2D eigenvalue weighted by atomic mass is 16.5. The van der Waals surface area contributed by atoms with Crippen LogP contribution in [0.25, 0.3) is 16.7 Å². The number of methoxy groups -OCH3 is 2. The van der Waals surface area contributed by atoms with Crippen LogP contribution in [0.2, 0.25) is 0 Å². The molecule has 230 valence electrons. The van der Waals surface area contributed by atoms with E-state index in [-0.39, 0.29) is 11.9 Å². The summed E-state index contributed by atoms with van der Waals surface area (Å²) < 4.78 is 12.6. The topological polar surface area (TPSA) is 131 Å². The van der Waals surface area contributed by atoms with E-state index in [1.54, 1.807) is 31.4 Å². The monoisotopic (exact) mass is 598 g/mol. The zero-order valence-electron chi connectivity index (χ0n) is 25.3. The molecule has 2 aliphatic rings. The van der Waals surface area contributed by atoms with Crippen LogP contribution in [-0.4, -0.2) is 108 Å². The number of piperidine rings is 1. The number of benzene rings is 2. The molecule has 0 atom stereocenters. The van der Waals surface area contributed by atoms with Crippen LogP contribution in [0.1, 0.15) is 33.6 Å². The fourth-order valence-electron chi connectivity index (χ4n) is 6.17. The molecule has 2 aromatic carbocycles. The van der Waals surface area contributed by atoms with Crippen LogP contribution in [0, 0.1) is 0 Å². The van der Waals surface area contributed by atoms with Gasteiger partial charge in [-0.05, 0) is 56.3 Å². The molecule has 12 heteroatoms. The van der Waals surface area contributed by atoms with Gasteiger partial charge in [0, 0.05) is 57.1 Å². The number of para-hydroxylation sites is 1. The van der Waals surface area contributed by atoms with E-state index in [0.717, 1.165) is 52.1 Å². The van der Waals surface area contributed by atoms with E-state index in [1.165, 1.54) is 7.11 Å². The number of nitrogens with one attached hydrogen (secondary N) is 1. The minimum atomic E-state index is -0.479. The number of carbonyl (C=O) groups is 2. The molecule has 4 heterocycles. The van der Waals surface area contributed by atoms with E-state index in [2.05, 4.69) is 32.1 Å². The molecule has 3 N–H and O–H groups in total. The van der Waals surface area contributed by atoms with E-state index in [4.69, 9.17) is 15.2 Å². The summed E-state index contributed by atoms with van der Waals surface area (Å²) >= 11 is 0. The summed E-state index contributed by atoms with van der Waals surface area (Å²) in [5.74, 6) is 0.532. The standard InChI is InChI=1S/C32H38N8O4/c1-37-16-18-38(19-17-37)22-10-13-39(14-11-22)30(41)21-8-9-26(27(20-21)43-2)40-15-12-25-28(40)29(36-32(33)35-25)34-24-7-5-4-6-23(24)31(42)44-3/h4-9,12,15,20,22H,10-11,13-14,16-19H2,1-3H3,(H3,33,34,35,36). The maximum Gasteiger partial charge on any atom is 0.339 e. The third-order valence-corrected chi connectivity index (χ3v) is 8.63. The molecule has 2 fully saturated rings. The molecule has 2 aromatic heterocycles. The van der Waals surface area contributed by atoms with Gasteiger partial charge >= 0.3 is 5.97 Å². The molecule has 6 rings (SSSR count). The minimum absolute atomic E-state index is 0.00178. The molecule has 2 saturated heterocycles. The van der Waals surface area contributed by atoms with Crippen molar-refractivity contribution < 1.29 is 19.1 Å². The van der Waals surface area contributed by atoms with Gasteiger partial charge in [-0.3, -0.25) is 9.69 Å². The highest BCUT2D eigenvalue weighted by molar-refractivity contribution is 5.99. The summed E-state index contributed by atoms with van der Waals surface area (Å²) in [5, 5.41) is 3.25. The van der Waals surface area contributed by atoms with Crippen LogP contribution >= 0.6 is 0 Å². The largest absolute Gasteiger partial charge is 0.495 e. The maximum atomic E-state index is 13.6. The number of likely N-dealkylation sites (N-methyl/N-ethyl adjacent to an activating group) is 1. The first-order chi connectivity index (χ1) is 21.4. The lowest BCUT2D eigenvalue weighted by Gasteiger charge is -2.42. The van der Waals surface area contributed by atoms with E-state index in [1.807, 2.05) is 39.9 Å². The third-order valence-electron chi connectivity index (χ3n) is 8.63. The summed E-state index contributed by atoms with van der Waals surface area (Å²) in [4.78, 5) is 41.7. The Morgan fingerprint density at radius 1 is 0.955 bits per heavy atom. The first kappa shape index (κ1) is 29.4. The van der Waals surface area contributed by atoms with Crippen molar-refractivity contribution in [3.8, 4) is 11.4 Å². The first-order valence-electron chi connectivity index (χ1n) is 14.9. The number of piperazine rings is 1. The Balaban J connectivity index is 1.26. The lowest BCUT2D eigenvalue weighted by atomic mass is 10.0. The van der Waals surface area contributed by atoms with Crippen LogP contribution in [0.4, 0.5) is 17.5 Å². The Morgan fingerprint density at radius 3 is 2.43 bits per heavy atom. The molecule has 0 unspecified atom stereocenters. The molecular weight excluding hydrogens is 560 g/mol. The Labute approximate surface area is 256 Å². The molecule has 0 radical (unpaired) electrons. The van der Waals surface area contributed by atoms with Gasteiger partial charge in [0.15, 0.2) is 5.82 Å². The van der Waals surface area contributed by atoms with Crippen molar-refractivity contribution in [1.29, 1.82) is 0 Å². The van der Waals surface area contributed by atoms with Crippen LogP contribution in [-0.2, 0) is 4.74 Å². The number of hydrogen-bond acceptors (Lipinski definition) is 10. The van der Waals surface area contributed by atoms with Crippen LogP contribution < -0.4 is 15.8 Å². The van der Waals surface area contributed by atoms with Gasteiger partial charge in [0.2, 0.25) is 5.95 Å². The number of esters is 1. The Morgan fingerprint density at radius 2 is 1.70 bits per heavy atom. The molecule has 44 heavy (non-hydrogen) atoms. The molecule has 0 saturated carbocycles. The van der Waals surface area contributed by atoms with Crippen LogP contribution in [0.3, 0.4) is 0 Å². The zero-order chi connectivity index (χ0) is 30.8. The average Bonchev–Trinajstić information content (AvgIpc) is 3.48. The third kappa shape index (κ3) is 5.78. The number of carbonyl (C=O) groups excluding carboxylic acids is 2. The van der Waals surface area contributed by atoms with Crippen molar-refractivity contribution in [3.05, 3.63) is 65.9 Å². The van der Waals surface area contributed by atoms with Gasteiger partial charge in [0.1, 0.15) is 11.3 Å².